The second kappa shape index (κ2) is 8.01. The molecule has 1 amide bonds. The highest BCUT2D eigenvalue weighted by atomic mass is 32.2. The minimum Gasteiger partial charge on any atom is -0.326 e. The highest BCUT2D eigenvalue weighted by Crippen LogP contribution is 2.24. The summed E-state index contributed by atoms with van der Waals surface area (Å²) in [5.41, 5.74) is 1.57. The second-order valence-electron chi connectivity index (χ2n) is 6.50. The maximum Gasteiger partial charge on any atom is 0.243 e. The minimum absolute atomic E-state index is 0.0890. The number of hydrogen-bond acceptors (Lipinski definition) is 3. The van der Waals surface area contributed by atoms with Crippen molar-refractivity contribution in [3.05, 3.63) is 60.2 Å². The first-order valence-corrected chi connectivity index (χ1v) is 10.4. The molecule has 1 unspecified atom stereocenters. The van der Waals surface area contributed by atoms with Gasteiger partial charge in [-0.2, -0.15) is 4.31 Å². The maximum atomic E-state index is 12.6. The molecule has 26 heavy (non-hydrogen) atoms. The van der Waals surface area contributed by atoms with Crippen molar-refractivity contribution in [3.8, 4) is 0 Å². The summed E-state index contributed by atoms with van der Waals surface area (Å²) in [6.45, 7) is 3.13. The van der Waals surface area contributed by atoms with Crippen molar-refractivity contribution in [2.75, 3.05) is 18.4 Å². The van der Waals surface area contributed by atoms with E-state index in [1.807, 2.05) is 37.3 Å². The van der Waals surface area contributed by atoms with Gasteiger partial charge in [0.15, 0.2) is 0 Å². The molecule has 138 valence electrons. The van der Waals surface area contributed by atoms with Gasteiger partial charge in [0, 0.05) is 18.8 Å². The van der Waals surface area contributed by atoms with Gasteiger partial charge in [0.25, 0.3) is 0 Å². The summed E-state index contributed by atoms with van der Waals surface area (Å²) in [6.07, 6.45) is 2.51. The van der Waals surface area contributed by atoms with E-state index in [4.69, 9.17) is 0 Å². The second-order valence-corrected chi connectivity index (χ2v) is 8.43. The lowest BCUT2D eigenvalue weighted by Crippen LogP contribution is -2.27. The van der Waals surface area contributed by atoms with Gasteiger partial charge in [-0.05, 0) is 49.1 Å². The van der Waals surface area contributed by atoms with Gasteiger partial charge in [-0.1, -0.05) is 37.3 Å². The Labute approximate surface area is 155 Å². The van der Waals surface area contributed by atoms with Crippen molar-refractivity contribution in [1.29, 1.82) is 0 Å². The van der Waals surface area contributed by atoms with Gasteiger partial charge < -0.3 is 5.32 Å². The molecule has 1 saturated heterocycles. The fourth-order valence-electron chi connectivity index (χ4n) is 3.27. The first kappa shape index (κ1) is 18.6. The van der Waals surface area contributed by atoms with E-state index in [2.05, 4.69) is 5.32 Å². The first-order chi connectivity index (χ1) is 12.5. The molecule has 2 aromatic rings. The average Bonchev–Trinajstić information content (AvgIpc) is 3.19. The summed E-state index contributed by atoms with van der Waals surface area (Å²) >= 11 is 0. The summed E-state index contributed by atoms with van der Waals surface area (Å²) in [5.74, 6) is -0.321. The molecule has 0 radical (unpaired) electrons. The summed E-state index contributed by atoms with van der Waals surface area (Å²) in [4.78, 5) is 12.9. The van der Waals surface area contributed by atoms with E-state index in [1.165, 1.54) is 4.31 Å². The van der Waals surface area contributed by atoms with Crippen molar-refractivity contribution < 1.29 is 13.2 Å². The van der Waals surface area contributed by atoms with Crippen LogP contribution in [-0.2, 0) is 14.8 Å². The van der Waals surface area contributed by atoms with Crippen LogP contribution in [0.5, 0.6) is 0 Å². The van der Waals surface area contributed by atoms with Crippen LogP contribution in [0.4, 0.5) is 5.69 Å². The number of nitrogens with zero attached hydrogens (tertiary/aromatic N) is 1. The van der Waals surface area contributed by atoms with Crippen LogP contribution in [0.15, 0.2) is 59.5 Å². The van der Waals surface area contributed by atoms with Crippen LogP contribution in [0, 0.1) is 0 Å². The van der Waals surface area contributed by atoms with Crippen LogP contribution in [-0.4, -0.2) is 31.7 Å². The molecule has 0 bridgehead atoms. The van der Waals surface area contributed by atoms with Gasteiger partial charge in [0.2, 0.25) is 15.9 Å². The van der Waals surface area contributed by atoms with E-state index < -0.39 is 10.0 Å². The number of carbonyl (C=O) groups excluding carboxylic acids is 1. The zero-order chi connectivity index (χ0) is 18.6. The molecule has 0 aromatic heterocycles. The molecule has 2 aromatic carbocycles. The van der Waals surface area contributed by atoms with Crippen LogP contribution >= 0.6 is 0 Å². The Hall–Kier alpha value is -2.18. The standard InChI is InChI=1S/C20H24N2O3S/c1-2-19(16-8-4-3-5-9-16)20(23)21-17-10-12-18(13-11-17)26(24,25)22-14-6-7-15-22/h3-5,8-13,19H,2,6-7,14-15H2,1H3,(H,21,23). The molecule has 5 nitrogen and oxygen atoms in total. The number of hydrogen-bond donors (Lipinski definition) is 1. The smallest absolute Gasteiger partial charge is 0.243 e. The van der Waals surface area contributed by atoms with Crippen LogP contribution in [0.2, 0.25) is 0 Å². The van der Waals surface area contributed by atoms with E-state index >= 15 is 0 Å². The number of nitrogens with one attached hydrogen (secondary N) is 1. The normalized spacial score (nSPS) is 16.3. The lowest BCUT2D eigenvalue weighted by Gasteiger charge is -2.17. The Morgan fingerprint density at radius 2 is 1.65 bits per heavy atom. The number of amides is 1. The zero-order valence-corrected chi connectivity index (χ0v) is 15.7. The molecule has 1 aliphatic heterocycles. The monoisotopic (exact) mass is 372 g/mol. The molecule has 0 saturated carbocycles. The molecule has 1 atom stereocenters. The van der Waals surface area contributed by atoms with Gasteiger partial charge in [0.1, 0.15) is 0 Å². The van der Waals surface area contributed by atoms with Gasteiger partial charge in [-0.15, -0.1) is 0 Å². The molecule has 0 aliphatic carbocycles. The van der Waals surface area contributed by atoms with Crippen LogP contribution in [0.25, 0.3) is 0 Å². The Kier molecular flexibility index (Phi) is 5.74. The number of rotatable bonds is 6. The summed E-state index contributed by atoms with van der Waals surface area (Å²) in [7, 11) is -3.43. The number of sulfonamides is 1. The van der Waals surface area contributed by atoms with Gasteiger partial charge >= 0.3 is 0 Å². The highest BCUT2D eigenvalue weighted by molar-refractivity contribution is 7.89. The van der Waals surface area contributed by atoms with Crippen molar-refractivity contribution in [2.24, 2.45) is 0 Å². The SMILES string of the molecule is CCC(C(=O)Nc1ccc(S(=O)(=O)N2CCCC2)cc1)c1ccccc1. The van der Waals surface area contributed by atoms with E-state index in [1.54, 1.807) is 24.3 Å². The third kappa shape index (κ3) is 3.97. The molecule has 1 fully saturated rings. The van der Waals surface area contributed by atoms with E-state index in [0.717, 1.165) is 18.4 Å². The topological polar surface area (TPSA) is 66.5 Å². The van der Waals surface area contributed by atoms with E-state index in [-0.39, 0.29) is 16.7 Å². The molecule has 1 heterocycles. The van der Waals surface area contributed by atoms with Crippen molar-refractivity contribution in [3.63, 3.8) is 0 Å². The highest BCUT2D eigenvalue weighted by Gasteiger charge is 2.27. The van der Waals surface area contributed by atoms with Crippen molar-refractivity contribution >= 4 is 21.6 Å². The summed E-state index contributed by atoms with van der Waals surface area (Å²) in [5, 5.41) is 2.89. The summed E-state index contributed by atoms with van der Waals surface area (Å²) < 4.78 is 26.6. The third-order valence-corrected chi connectivity index (χ3v) is 6.66. The lowest BCUT2D eigenvalue weighted by atomic mass is 9.95. The summed E-state index contributed by atoms with van der Waals surface area (Å²) in [6, 6.07) is 16.1. The predicted octanol–water partition coefficient (Wildman–Crippen LogP) is 3.60. The van der Waals surface area contributed by atoms with E-state index in [9.17, 15) is 13.2 Å². The molecule has 3 rings (SSSR count). The van der Waals surface area contributed by atoms with Crippen molar-refractivity contribution in [2.45, 2.75) is 37.0 Å². The Morgan fingerprint density at radius 1 is 1.04 bits per heavy atom. The maximum absolute atomic E-state index is 12.6. The number of anilines is 1. The Bertz CT molecular complexity index is 842. The number of carbonyl (C=O) groups is 1. The molecular weight excluding hydrogens is 348 g/mol. The lowest BCUT2D eigenvalue weighted by molar-refractivity contribution is -0.117. The third-order valence-electron chi connectivity index (χ3n) is 4.75. The Morgan fingerprint density at radius 3 is 2.23 bits per heavy atom. The zero-order valence-electron chi connectivity index (χ0n) is 14.9. The molecular formula is C20H24N2O3S. The molecule has 6 heteroatoms. The van der Waals surface area contributed by atoms with Gasteiger partial charge in [-0.25, -0.2) is 8.42 Å². The number of benzene rings is 2. The van der Waals surface area contributed by atoms with Gasteiger partial charge in [-0.3, -0.25) is 4.79 Å². The molecule has 1 N–H and O–H groups in total. The first-order valence-electron chi connectivity index (χ1n) is 8.98. The fraction of sp³-hybridized carbons (Fsp3) is 0.350. The Balaban J connectivity index is 1.72. The van der Waals surface area contributed by atoms with Gasteiger partial charge in [0.05, 0.1) is 10.8 Å². The quantitative estimate of drug-likeness (QED) is 0.842. The minimum atomic E-state index is -3.43. The van der Waals surface area contributed by atoms with Crippen LogP contribution in [0.3, 0.4) is 0 Å². The predicted molar refractivity (Wildman–Crippen MR) is 103 cm³/mol. The van der Waals surface area contributed by atoms with Crippen molar-refractivity contribution in [1.82, 2.24) is 4.31 Å². The van der Waals surface area contributed by atoms with Crippen LogP contribution < -0.4 is 5.32 Å². The molecule has 1 aliphatic rings. The largest absolute Gasteiger partial charge is 0.326 e. The average molecular weight is 372 g/mol. The fourth-order valence-corrected chi connectivity index (χ4v) is 4.79. The van der Waals surface area contributed by atoms with Crippen LogP contribution in [0.1, 0.15) is 37.7 Å². The van der Waals surface area contributed by atoms with E-state index in [0.29, 0.717) is 25.2 Å². The molecule has 0 spiro atoms.